The molecule has 5 heteroatoms. The molecule has 0 aliphatic carbocycles. The van der Waals surface area contributed by atoms with Crippen LogP contribution in [0.5, 0.6) is 5.75 Å². The lowest BCUT2D eigenvalue weighted by Gasteiger charge is -2.01. The van der Waals surface area contributed by atoms with E-state index in [0.29, 0.717) is 35.5 Å². The summed E-state index contributed by atoms with van der Waals surface area (Å²) in [6.45, 7) is 4.38. The van der Waals surface area contributed by atoms with Crippen molar-refractivity contribution in [3.05, 3.63) is 89.0 Å². The van der Waals surface area contributed by atoms with E-state index in [2.05, 4.69) is 22.1 Å². The molecule has 0 aromatic heterocycles. The molecule has 3 nitrogen and oxygen atoms in total. The van der Waals surface area contributed by atoms with E-state index in [1.54, 1.807) is 24.3 Å². The minimum atomic E-state index is -0.643. The molecule has 0 fully saturated rings. The fourth-order valence-electron chi connectivity index (χ4n) is 2.59. The minimum absolute atomic E-state index is 0.221. The predicted molar refractivity (Wildman–Crippen MR) is 110 cm³/mol. The molecule has 0 spiro atoms. The van der Waals surface area contributed by atoms with Gasteiger partial charge in [0.1, 0.15) is 17.4 Å². The maximum absolute atomic E-state index is 14.0. The van der Waals surface area contributed by atoms with E-state index < -0.39 is 11.6 Å². The molecule has 0 bridgehead atoms. The van der Waals surface area contributed by atoms with E-state index in [-0.39, 0.29) is 5.56 Å². The van der Waals surface area contributed by atoms with Crippen LogP contribution in [0, 0.1) is 23.5 Å². The van der Waals surface area contributed by atoms with Crippen LogP contribution >= 0.6 is 0 Å². The van der Waals surface area contributed by atoms with Crippen molar-refractivity contribution in [2.75, 3.05) is 6.61 Å². The lowest BCUT2D eigenvalue weighted by molar-refractivity contribution is 0.340. The van der Waals surface area contributed by atoms with E-state index in [1.165, 1.54) is 12.1 Å². The van der Waals surface area contributed by atoms with Crippen LogP contribution in [0.2, 0.25) is 0 Å². The van der Waals surface area contributed by atoms with Crippen LogP contribution in [0.4, 0.5) is 20.2 Å². The Hall–Kier alpha value is -3.52. The number of azo groups is 1. The Morgan fingerprint density at radius 1 is 0.793 bits per heavy atom. The highest BCUT2D eigenvalue weighted by Crippen LogP contribution is 2.21. The van der Waals surface area contributed by atoms with Crippen molar-refractivity contribution < 1.29 is 13.5 Å². The summed E-state index contributed by atoms with van der Waals surface area (Å²) >= 11 is 0. The van der Waals surface area contributed by atoms with Crippen molar-refractivity contribution in [3.8, 4) is 17.6 Å². The van der Waals surface area contributed by atoms with Crippen LogP contribution in [0.15, 0.2) is 70.9 Å². The molecule has 3 rings (SSSR count). The fraction of sp³-hybridized carbons (Fsp3) is 0.167. The SMILES string of the molecule is CCOc1ccc(N=Nc2ccc(C#Cc3c(F)cc(CC)cc3F)cc2)cc1. The number of benzene rings is 3. The number of hydrogen-bond donors (Lipinski definition) is 0. The zero-order chi connectivity index (χ0) is 20.6. The molecule has 0 aliphatic rings. The van der Waals surface area contributed by atoms with Crippen LogP contribution in [-0.2, 0) is 6.42 Å². The monoisotopic (exact) mass is 390 g/mol. The van der Waals surface area contributed by atoms with Crippen LogP contribution < -0.4 is 4.74 Å². The number of hydrogen-bond acceptors (Lipinski definition) is 3. The normalized spacial score (nSPS) is 10.6. The molecule has 0 aliphatic heterocycles. The van der Waals surface area contributed by atoms with Crippen molar-refractivity contribution in [3.63, 3.8) is 0 Å². The molecule has 3 aromatic rings. The van der Waals surface area contributed by atoms with Crippen molar-refractivity contribution in [2.24, 2.45) is 10.2 Å². The highest BCUT2D eigenvalue weighted by atomic mass is 19.1. The summed E-state index contributed by atoms with van der Waals surface area (Å²) in [4.78, 5) is 0. The Labute approximate surface area is 169 Å². The molecule has 146 valence electrons. The summed E-state index contributed by atoms with van der Waals surface area (Å²) in [5.74, 6) is 4.86. The van der Waals surface area contributed by atoms with Gasteiger partial charge in [-0.25, -0.2) is 8.78 Å². The predicted octanol–water partition coefficient (Wildman–Crippen LogP) is 6.74. The second-order valence-electron chi connectivity index (χ2n) is 6.21. The maximum atomic E-state index is 14.0. The molecule has 3 aromatic carbocycles. The maximum Gasteiger partial charge on any atom is 0.142 e. The Kier molecular flexibility index (Phi) is 6.70. The van der Waals surface area contributed by atoms with Gasteiger partial charge in [0.2, 0.25) is 0 Å². The van der Waals surface area contributed by atoms with E-state index in [4.69, 9.17) is 4.74 Å². The van der Waals surface area contributed by atoms with Gasteiger partial charge in [-0.05, 0) is 79.6 Å². The molecule has 0 saturated heterocycles. The van der Waals surface area contributed by atoms with E-state index in [1.807, 2.05) is 38.1 Å². The Morgan fingerprint density at radius 3 is 1.86 bits per heavy atom. The number of halogens is 2. The fourth-order valence-corrected chi connectivity index (χ4v) is 2.59. The van der Waals surface area contributed by atoms with Crippen LogP contribution in [0.1, 0.15) is 30.5 Å². The zero-order valence-corrected chi connectivity index (χ0v) is 16.2. The van der Waals surface area contributed by atoms with Gasteiger partial charge in [0, 0.05) is 5.56 Å². The molecule has 0 radical (unpaired) electrons. The molecular formula is C24H20F2N2O. The second kappa shape index (κ2) is 9.61. The van der Waals surface area contributed by atoms with Gasteiger partial charge in [-0.1, -0.05) is 18.8 Å². The highest BCUT2D eigenvalue weighted by Gasteiger charge is 2.08. The Balaban J connectivity index is 1.71. The van der Waals surface area contributed by atoms with Gasteiger partial charge >= 0.3 is 0 Å². The lowest BCUT2D eigenvalue weighted by atomic mass is 10.1. The van der Waals surface area contributed by atoms with Crippen molar-refractivity contribution >= 4 is 11.4 Å². The van der Waals surface area contributed by atoms with Crippen LogP contribution in [0.3, 0.4) is 0 Å². The third-order valence-electron chi connectivity index (χ3n) is 4.14. The highest BCUT2D eigenvalue weighted by molar-refractivity contribution is 5.49. The molecule has 0 amide bonds. The number of nitrogens with zero attached hydrogens (tertiary/aromatic N) is 2. The first-order valence-corrected chi connectivity index (χ1v) is 9.33. The van der Waals surface area contributed by atoms with Crippen molar-refractivity contribution in [2.45, 2.75) is 20.3 Å². The topological polar surface area (TPSA) is 34.0 Å². The molecule has 0 unspecified atom stereocenters. The molecule has 0 N–H and O–H groups in total. The molecule has 29 heavy (non-hydrogen) atoms. The number of aryl methyl sites for hydroxylation is 1. The second-order valence-corrected chi connectivity index (χ2v) is 6.21. The summed E-state index contributed by atoms with van der Waals surface area (Å²) in [5, 5.41) is 8.35. The number of rotatable bonds is 5. The summed E-state index contributed by atoms with van der Waals surface area (Å²) in [6, 6.07) is 16.9. The summed E-state index contributed by atoms with van der Waals surface area (Å²) in [5.41, 5.74) is 2.37. The van der Waals surface area contributed by atoms with Gasteiger partial charge in [0.05, 0.1) is 23.5 Å². The summed E-state index contributed by atoms with van der Waals surface area (Å²) in [7, 11) is 0. The van der Waals surface area contributed by atoms with Crippen molar-refractivity contribution in [1.29, 1.82) is 0 Å². The van der Waals surface area contributed by atoms with Crippen LogP contribution in [-0.4, -0.2) is 6.61 Å². The average molecular weight is 390 g/mol. The minimum Gasteiger partial charge on any atom is -0.494 e. The third kappa shape index (κ3) is 5.49. The lowest BCUT2D eigenvalue weighted by Crippen LogP contribution is -1.93. The van der Waals surface area contributed by atoms with Gasteiger partial charge in [0.15, 0.2) is 0 Å². The summed E-state index contributed by atoms with van der Waals surface area (Å²) < 4.78 is 33.4. The molecule has 0 saturated carbocycles. The Morgan fingerprint density at radius 2 is 1.34 bits per heavy atom. The van der Waals surface area contributed by atoms with Gasteiger partial charge < -0.3 is 4.74 Å². The van der Waals surface area contributed by atoms with E-state index >= 15 is 0 Å². The van der Waals surface area contributed by atoms with Crippen molar-refractivity contribution in [1.82, 2.24) is 0 Å². The zero-order valence-electron chi connectivity index (χ0n) is 16.2. The first-order valence-electron chi connectivity index (χ1n) is 9.33. The van der Waals surface area contributed by atoms with Gasteiger partial charge in [-0.2, -0.15) is 10.2 Å². The van der Waals surface area contributed by atoms with E-state index in [9.17, 15) is 8.78 Å². The summed E-state index contributed by atoms with van der Waals surface area (Å²) in [6.07, 6.45) is 0.564. The van der Waals surface area contributed by atoms with Crippen LogP contribution in [0.25, 0.3) is 0 Å². The quantitative estimate of drug-likeness (QED) is 0.351. The van der Waals surface area contributed by atoms with Gasteiger partial charge in [-0.3, -0.25) is 0 Å². The smallest absolute Gasteiger partial charge is 0.142 e. The Bertz CT molecular complexity index is 1040. The first kappa shape index (κ1) is 20.2. The third-order valence-corrected chi connectivity index (χ3v) is 4.14. The molecule has 0 heterocycles. The standard InChI is InChI=1S/C24H20F2N2O/c1-3-17-15-23(25)22(24(26)16-17)14-7-18-5-8-19(9-6-18)27-28-20-10-12-21(13-11-20)29-4-2/h5-6,8-13,15-16H,3-4H2,1-2H3. The average Bonchev–Trinajstić information content (AvgIpc) is 2.73. The van der Waals surface area contributed by atoms with Gasteiger partial charge in [-0.15, -0.1) is 0 Å². The molecule has 0 atom stereocenters. The molecular weight excluding hydrogens is 370 g/mol. The van der Waals surface area contributed by atoms with Gasteiger partial charge in [0.25, 0.3) is 0 Å². The largest absolute Gasteiger partial charge is 0.494 e. The van der Waals surface area contributed by atoms with E-state index in [0.717, 1.165) is 5.75 Å². The number of ether oxygens (including phenoxy) is 1. The first-order chi connectivity index (χ1) is 14.1.